The highest BCUT2D eigenvalue weighted by molar-refractivity contribution is 5.84. The minimum atomic E-state index is -0.657. The summed E-state index contributed by atoms with van der Waals surface area (Å²) < 4.78 is 0. The fourth-order valence-electron chi connectivity index (χ4n) is 3.64. The van der Waals surface area contributed by atoms with Crippen LogP contribution in [0.15, 0.2) is 29.1 Å². The van der Waals surface area contributed by atoms with Crippen LogP contribution < -0.4 is 11.3 Å². The number of amides is 1. The highest BCUT2D eigenvalue weighted by Crippen LogP contribution is 2.25. The van der Waals surface area contributed by atoms with E-state index in [0.29, 0.717) is 19.5 Å². The zero-order chi connectivity index (χ0) is 17.4. The van der Waals surface area contributed by atoms with Crippen LogP contribution in [0.4, 0.5) is 0 Å². The number of hydrogen-bond acceptors (Lipinski definition) is 3. The summed E-state index contributed by atoms with van der Waals surface area (Å²) in [7, 11) is 0. The number of aromatic amines is 1. The van der Waals surface area contributed by atoms with Gasteiger partial charge < -0.3 is 15.6 Å². The summed E-state index contributed by atoms with van der Waals surface area (Å²) in [6, 6.07) is 6.76. The molecule has 3 N–H and O–H groups in total. The molecule has 0 bridgehead atoms. The van der Waals surface area contributed by atoms with Crippen molar-refractivity contribution in [1.82, 2.24) is 9.88 Å². The SMILES string of the molecule is Cc1cc(C)c(C(N)C(=O)N2CCc3[nH]c(=O)ccc3C2)c(C)c1. The number of benzene rings is 1. The van der Waals surface area contributed by atoms with Crippen LogP contribution in [0, 0.1) is 20.8 Å². The Hall–Kier alpha value is -2.40. The average Bonchev–Trinajstić information content (AvgIpc) is 2.52. The smallest absolute Gasteiger partial charge is 0.248 e. The minimum Gasteiger partial charge on any atom is -0.336 e. The number of nitrogens with one attached hydrogen (secondary N) is 1. The largest absolute Gasteiger partial charge is 0.336 e. The summed E-state index contributed by atoms with van der Waals surface area (Å²) >= 11 is 0. The first-order valence-corrected chi connectivity index (χ1v) is 8.20. The highest BCUT2D eigenvalue weighted by Gasteiger charge is 2.28. The molecule has 0 fully saturated rings. The third kappa shape index (κ3) is 2.99. The molecule has 1 amide bonds. The monoisotopic (exact) mass is 325 g/mol. The molecular formula is C19H23N3O2. The zero-order valence-corrected chi connectivity index (χ0v) is 14.3. The maximum atomic E-state index is 12.9. The van der Waals surface area contributed by atoms with Gasteiger partial charge >= 0.3 is 0 Å². The van der Waals surface area contributed by atoms with Crippen molar-refractivity contribution < 1.29 is 4.79 Å². The van der Waals surface area contributed by atoms with Gasteiger partial charge in [0.25, 0.3) is 0 Å². The van der Waals surface area contributed by atoms with Crippen molar-refractivity contribution in [1.29, 1.82) is 0 Å². The third-order valence-electron chi connectivity index (χ3n) is 4.72. The number of nitrogens with zero attached hydrogens (tertiary/aromatic N) is 1. The van der Waals surface area contributed by atoms with Crippen molar-refractivity contribution in [3.63, 3.8) is 0 Å². The molecule has 1 aromatic heterocycles. The fraction of sp³-hybridized carbons (Fsp3) is 0.368. The first-order chi connectivity index (χ1) is 11.4. The van der Waals surface area contributed by atoms with Gasteiger partial charge in [-0.15, -0.1) is 0 Å². The van der Waals surface area contributed by atoms with Crippen LogP contribution >= 0.6 is 0 Å². The number of H-pyrrole nitrogens is 1. The number of carbonyl (C=O) groups is 1. The average molecular weight is 325 g/mol. The van der Waals surface area contributed by atoms with Gasteiger partial charge in [0.2, 0.25) is 11.5 Å². The molecule has 3 rings (SSSR count). The molecule has 2 aromatic rings. The molecule has 1 aromatic carbocycles. The molecular weight excluding hydrogens is 302 g/mol. The molecule has 1 aliphatic rings. The van der Waals surface area contributed by atoms with Crippen molar-refractivity contribution in [3.8, 4) is 0 Å². The predicted octanol–water partition coefficient (Wildman–Crippen LogP) is 1.88. The molecule has 0 spiro atoms. The van der Waals surface area contributed by atoms with Gasteiger partial charge in [0.15, 0.2) is 0 Å². The number of nitrogens with two attached hydrogens (primary N) is 1. The van der Waals surface area contributed by atoms with E-state index >= 15 is 0 Å². The Morgan fingerprint density at radius 3 is 2.54 bits per heavy atom. The summed E-state index contributed by atoms with van der Waals surface area (Å²) in [4.78, 5) is 28.9. The number of aryl methyl sites for hydroxylation is 3. The van der Waals surface area contributed by atoms with Crippen molar-refractivity contribution in [2.75, 3.05) is 6.54 Å². The number of fused-ring (bicyclic) bond motifs is 1. The van der Waals surface area contributed by atoms with Crippen molar-refractivity contribution in [3.05, 3.63) is 68.1 Å². The van der Waals surface area contributed by atoms with Crippen molar-refractivity contribution in [2.24, 2.45) is 5.73 Å². The van der Waals surface area contributed by atoms with Crippen LogP contribution in [0.3, 0.4) is 0 Å². The van der Waals surface area contributed by atoms with Crippen LogP contribution in [-0.4, -0.2) is 22.3 Å². The standard InChI is InChI=1S/C19H23N3O2/c1-11-8-12(2)17(13(3)9-11)18(20)19(24)22-7-6-15-14(10-22)4-5-16(23)21-15/h4-5,8-9,18H,6-7,10,20H2,1-3H3,(H,21,23). The van der Waals surface area contributed by atoms with E-state index in [0.717, 1.165) is 27.9 Å². The van der Waals surface area contributed by atoms with Gasteiger partial charge in [0.1, 0.15) is 6.04 Å². The summed E-state index contributed by atoms with van der Waals surface area (Å²) in [5.41, 5.74) is 12.3. The Balaban J connectivity index is 1.85. The summed E-state index contributed by atoms with van der Waals surface area (Å²) in [5.74, 6) is -0.0677. The lowest BCUT2D eigenvalue weighted by Crippen LogP contribution is -2.42. The van der Waals surface area contributed by atoms with Gasteiger partial charge in [-0.2, -0.15) is 0 Å². The van der Waals surface area contributed by atoms with E-state index in [4.69, 9.17) is 5.73 Å². The van der Waals surface area contributed by atoms with Crippen LogP contribution in [0.1, 0.15) is 39.6 Å². The van der Waals surface area contributed by atoms with Gasteiger partial charge in [0, 0.05) is 31.3 Å². The third-order valence-corrected chi connectivity index (χ3v) is 4.72. The van der Waals surface area contributed by atoms with E-state index in [1.165, 1.54) is 11.6 Å². The lowest BCUT2D eigenvalue weighted by molar-refractivity contribution is -0.133. The zero-order valence-electron chi connectivity index (χ0n) is 14.3. The van der Waals surface area contributed by atoms with Crippen LogP contribution in [0.2, 0.25) is 0 Å². The Labute approximate surface area is 141 Å². The van der Waals surface area contributed by atoms with E-state index < -0.39 is 6.04 Å². The molecule has 1 atom stereocenters. The molecule has 2 heterocycles. The lowest BCUT2D eigenvalue weighted by Gasteiger charge is -2.31. The first-order valence-electron chi connectivity index (χ1n) is 8.20. The molecule has 0 saturated carbocycles. The Kier molecular flexibility index (Phi) is 4.28. The summed E-state index contributed by atoms with van der Waals surface area (Å²) in [6.45, 7) is 7.10. The molecule has 1 unspecified atom stereocenters. The Morgan fingerprint density at radius 1 is 1.21 bits per heavy atom. The summed E-state index contributed by atoms with van der Waals surface area (Å²) in [6.07, 6.45) is 0.649. The minimum absolute atomic E-state index is 0.0677. The number of pyridine rings is 1. The number of aromatic nitrogens is 1. The van der Waals surface area contributed by atoms with Crippen LogP contribution in [-0.2, 0) is 17.8 Å². The maximum absolute atomic E-state index is 12.9. The maximum Gasteiger partial charge on any atom is 0.248 e. The van der Waals surface area contributed by atoms with Crippen LogP contribution in [0.5, 0.6) is 0 Å². The summed E-state index contributed by atoms with van der Waals surface area (Å²) in [5, 5.41) is 0. The second kappa shape index (κ2) is 6.24. The van der Waals surface area contributed by atoms with E-state index in [9.17, 15) is 9.59 Å². The van der Waals surface area contributed by atoms with E-state index in [-0.39, 0.29) is 11.5 Å². The second-order valence-corrected chi connectivity index (χ2v) is 6.63. The quantitative estimate of drug-likeness (QED) is 0.885. The highest BCUT2D eigenvalue weighted by atomic mass is 16.2. The van der Waals surface area contributed by atoms with E-state index in [2.05, 4.69) is 17.1 Å². The van der Waals surface area contributed by atoms with Crippen molar-refractivity contribution in [2.45, 2.75) is 39.8 Å². The Bertz CT molecular complexity index is 831. The molecule has 5 heteroatoms. The second-order valence-electron chi connectivity index (χ2n) is 6.63. The van der Waals surface area contributed by atoms with E-state index in [1.807, 2.05) is 20.8 Å². The number of carbonyl (C=O) groups excluding carboxylic acids is 1. The molecule has 126 valence electrons. The molecule has 0 aliphatic carbocycles. The molecule has 5 nitrogen and oxygen atoms in total. The number of hydrogen-bond donors (Lipinski definition) is 2. The Morgan fingerprint density at radius 2 is 1.88 bits per heavy atom. The fourth-order valence-corrected chi connectivity index (χ4v) is 3.64. The van der Waals surface area contributed by atoms with Gasteiger partial charge in [0.05, 0.1) is 0 Å². The van der Waals surface area contributed by atoms with Crippen LogP contribution in [0.25, 0.3) is 0 Å². The molecule has 0 saturated heterocycles. The van der Waals surface area contributed by atoms with Crippen molar-refractivity contribution >= 4 is 5.91 Å². The van der Waals surface area contributed by atoms with Gasteiger partial charge in [-0.1, -0.05) is 23.8 Å². The van der Waals surface area contributed by atoms with Gasteiger partial charge in [-0.25, -0.2) is 0 Å². The molecule has 24 heavy (non-hydrogen) atoms. The van der Waals surface area contributed by atoms with Gasteiger partial charge in [-0.05, 0) is 43.0 Å². The van der Waals surface area contributed by atoms with Gasteiger partial charge in [-0.3, -0.25) is 9.59 Å². The normalized spacial score (nSPS) is 15.1. The first kappa shape index (κ1) is 16.5. The predicted molar refractivity (Wildman–Crippen MR) is 93.8 cm³/mol. The van der Waals surface area contributed by atoms with E-state index in [1.54, 1.807) is 11.0 Å². The molecule has 0 radical (unpaired) electrons. The topological polar surface area (TPSA) is 79.2 Å². The molecule has 1 aliphatic heterocycles. The lowest BCUT2D eigenvalue weighted by atomic mass is 9.93. The number of rotatable bonds is 2.